The van der Waals surface area contributed by atoms with Crippen molar-refractivity contribution in [3.63, 3.8) is 0 Å². The summed E-state index contributed by atoms with van der Waals surface area (Å²) < 4.78 is 1.87. The smallest absolute Gasteiger partial charge is 0.325 e. The average Bonchev–Trinajstić information content (AvgIpc) is 3.31. The fraction of sp³-hybridized carbons (Fsp3) is 0.320. The van der Waals surface area contributed by atoms with Crippen LogP contribution in [0.3, 0.4) is 0 Å². The Balaban J connectivity index is 1.55. The zero-order valence-corrected chi connectivity index (χ0v) is 18.7. The molecule has 2 aromatic carbocycles. The van der Waals surface area contributed by atoms with Gasteiger partial charge in [-0.2, -0.15) is 5.10 Å². The van der Waals surface area contributed by atoms with E-state index in [0.29, 0.717) is 18.9 Å². The van der Waals surface area contributed by atoms with Crippen molar-refractivity contribution < 1.29 is 9.59 Å². The van der Waals surface area contributed by atoms with Gasteiger partial charge in [-0.05, 0) is 31.5 Å². The Bertz CT molecular complexity index is 1080. The molecular formula is C25H29N5O2. The van der Waals surface area contributed by atoms with Crippen molar-refractivity contribution in [1.82, 2.24) is 24.9 Å². The molecule has 7 heteroatoms. The lowest BCUT2D eigenvalue weighted by Gasteiger charge is -2.22. The molecule has 3 amide bonds. The van der Waals surface area contributed by atoms with Gasteiger partial charge in [-0.3, -0.25) is 9.69 Å². The fourth-order valence-electron chi connectivity index (χ4n) is 4.00. The number of aromatic nitrogens is 2. The van der Waals surface area contributed by atoms with Crippen LogP contribution in [0.15, 0.2) is 66.9 Å². The predicted octanol–water partition coefficient (Wildman–Crippen LogP) is 3.90. The molecule has 0 radical (unpaired) electrons. The minimum atomic E-state index is -0.434. The van der Waals surface area contributed by atoms with Crippen molar-refractivity contribution in [1.29, 1.82) is 0 Å². The van der Waals surface area contributed by atoms with E-state index in [2.05, 4.69) is 5.32 Å². The van der Waals surface area contributed by atoms with Gasteiger partial charge in [-0.25, -0.2) is 14.4 Å². The number of carbonyl (C=O) groups is 2. The molecule has 1 atom stereocenters. The standard InChI is InChI=1S/C25H29N5O2/c1-18(2)14-22-24(31)29(25(32)26-22)17-28(3)15-20-16-30(21-12-8-5-9-13-21)27-23(20)19-10-6-4-7-11-19/h4-13,16,18,22H,14-15,17H2,1-3H3,(H,26,32). The summed E-state index contributed by atoms with van der Waals surface area (Å²) in [5.74, 6) is 0.179. The van der Waals surface area contributed by atoms with E-state index in [4.69, 9.17) is 5.10 Å². The van der Waals surface area contributed by atoms with E-state index < -0.39 is 6.04 Å². The van der Waals surface area contributed by atoms with Crippen LogP contribution in [-0.4, -0.2) is 51.3 Å². The van der Waals surface area contributed by atoms with Crippen LogP contribution in [0, 0.1) is 5.92 Å². The highest BCUT2D eigenvalue weighted by molar-refractivity contribution is 6.04. The first-order valence-electron chi connectivity index (χ1n) is 10.9. The van der Waals surface area contributed by atoms with Crippen molar-refractivity contribution in [2.75, 3.05) is 13.7 Å². The number of urea groups is 1. The normalized spacial score (nSPS) is 16.3. The summed E-state index contributed by atoms with van der Waals surface area (Å²) in [5, 5.41) is 7.65. The Labute approximate surface area is 188 Å². The van der Waals surface area contributed by atoms with E-state index in [9.17, 15) is 9.59 Å². The third-order valence-corrected chi connectivity index (χ3v) is 5.50. The van der Waals surface area contributed by atoms with E-state index in [1.54, 1.807) is 0 Å². The Hall–Kier alpha value is -3.45. The van der Waals surface area contributed by atoms with Gasteiger partial charge in [0.2, 0.25) is 0 Å². The first kappa shape index (κ1) is 21.8. The summed E-state index contributed by atoms with van der Waals surface area (Å²) in [6, 6.07) is 19.2. The summed E-state index contributed by atoms with van der Waals surface area (Å²) in [6.45, 7) is 4.86. The molecule has 1 unspecified atom stereocenters. The quantitative estimate of drug-likeness (QED) is 0.549. The lowest BCUT2D eigenvalue weighted by Crippen LogP contribution is -2.40. The molecule has 0 aliphatic carbocycles. The van der Waals surface area contributed by atoms with E-state index in [1.807, 2.05) is 97.3 Å². The number of rotatable bonds is 8. The van der Waals surface area contributed by atoms with Gasteiger partial charge >= 0.3 is 6.03 Å². The van der Waals surface area contributed by atoms with Gasteiger partial charge in [0.05, 0.1) is 18.1 Å². The molecule has 2 heterocycles. The maximum Gasteiger partial charge on any atom is 0.325 e. The number of imide groups is 1. The van der Waals surface area contributed by atoms with Crippen LogP contribution >= 0.6 is 0 Å². The van der Waals surface area contributed by atoms with Crippen LogP contribution in [-0.2, 0) is 11.3 Å². The summed E-state index contributed by atoms with van der Waals surface area (Å²) in [7, 11) is 1.91. The lowest BCUT2D eigenvalue weighted by atomic mass is 10.0. The predicted molar refractivity (Wildman–Crippen MR) is 124 cm³/mol. The molecular weight excluding hydrogens is 402 g/mol. The van der Waals surface area contributed by atoms with Crippen LogP contribution in [0.25, 0.3) is 16.9 Å². The zero-order valence-electron chi connectivity index (χ0n) is 18.7. The molecule has 3 aromatic rings. The van der Waals surface area contributed by atoms with E-state index in [1.165, 1.54) is 4.90 Å². The largest absolute Gasteiger partial charge is 0.326 e. The molecule has 1 aliphatic rings. The van der Waals surface area contributed by atoms with Gasteiger partial charge in [0.25, 0.3) is 5.91 Å². The van der Waals surface area contributed by atoms with Crippen molar-refractivity contribution in [2.24, 2.45) is 5.92 Å². The highest BCUT2D eigenvalue weighted by atomic mass is 16.2. The van der Waals surface area contributed by atoms with Crippen LogP contribution in [0.4, 0.5) is 4.79 Å². The minimum absolute atomic E-state index is 0.154. The molecule has 1 fully saturated rings. The molecule has 0 spiro atoms. The van der Waals surface area contributed by atoms with Gasteiger partial charge in [-0.15, -0.1) is 0 Å². The second-order valence-electron chi connectivity index (χ2n) is 8.70. The van der Waals surface area contributed by atoms with E-state index >= 15 is 0 Å². The average molecular weight is 432 g/mol. The Morgan fingerprint density at radius 1 is 1.03 bits per heavy atom. The fourth-order valence-corrected chi connectivity index (χ4v) is 4.00. The van der Waals surface area contributed by atoms with E-state index in [-0.39, 0.29) is 18.6 Å². The lowest BCUT2D eigenvalue weighted by molar-refractivity contribution is -0.129. The maximum atomic E-state index is 12.7. The number of nitrogens with one attached hydrogen (secondary N) is 1. The molecule has 1 N–H and O–H groups in total. The number of amides is 3. The first-order valence-corrected chi connectivity index (χ1v) is 10.9. The van der Waals surface area contributed by atoms with Gasteiger partial charge in [0.15, 0.2) is 0 Å². The van der Waals surface area contributed by atoms with Gasteiger partial charge in [0, 0.05) is 23.9 Å². The van der Waals surface area contributed by atoms with E-state index in [0.717, 1.165) is 22.5 Å². The molecule has 166 valence electrons. The number of benzene rings is 2. The zero-order chi connectivity index (χ0) is 22.7. The van der Waals surface area contributed by atoms with Crippen LogP contribution in [0.2, 0.25) is 0 Å². The number of hydrogen-bond acceptors (Lipinski definition) is 4. The molecule has 1 saturated heterocycles. The molecule has 32 heavy (non-hydrogen) atoms. The van der Waals surface area contributed by atoms with Gasteiger partial charge in [0.1, 0.15) is 6.04 Å². The number of nitrogens with zero attached hydrogens (tertiary/aromatic N) is 4. The summed E-state index contributed by atoms with van der Waals surface area (Å²) in [4.78, 5) is 28.4. The highest BCUT2D eigenvalue weighted by Gasteiger charge is 2.38. The first-order chi connectivity index (χ1) is 15.4. The van der Waals surface area contributed by atoms with Crippen molar-refractivity contribution in [3.8, 4) is 16.9 Å². The monoisotopic (exact) mass is 431 g/mol. The molecule has 0 bridgehead atoms. The molecule has 4 rings (SSSR count). The highest BCUT2D eigenvalue weighted by Crippen LogP contribution is 2.25. The molecule has 1 aliphatic heterocycles. The van der Waals surface area contributed by atoms with Crippen molar-refractivity contribution in [3.05, 3.63) is 72.4 Å². The molecule has 0 saturated carbocycles. The van der Waals surface area contributed by atoms with Gasteiger partial charge < -0.3 is 5.32 Å². The maximum absolute atomic E-state index is 12.7. The molecule has 1 aromatic heterocycles. The Kier molecular flexibility index (Phi) is 6.37. The van der Waals surface area contributed by atoms with Crippen LogP contribution in [0.1, 0.15) is 25.8 Å². The Morgan fingerprint density at radius 2 is 1.69 bits per heavy atom. The third-order valence-electron chi connectivity index (χ3n) is 5.50. The van der Waals surface area contributed by atoms with Crippen molar-refractivity contribution >= 4 is 11.9 Å². The summed E-state index contributed by atoms with van der Waals surface area (Å²) >= 11 is 0. The second-order valence-corrected chi connectivity index (χ2v) is 8.70. The molecule has 7 nitrogen and oxygen atoms in total. The number of hydrogen-bond donors (Lipinski definition) is 1. The van der Waals surface area contributed by atoms with Crippen LogP contribution in [0.5, 0.6) is 0 Å². The number of para-hydroxylation sites is 1. The third kappa shape index (κ3) is 4.73. The van der Waals surface area contributed by atoms with Gasteiger partial charge in [-0.1, -0.05) is 62.4 Å². The Morgan fingerprint density at radius 3 is 2.34 bits per heavy atom. The number of carbonyl (C=O) groups excluding carboxylic acids is 2. The minimum Gasteiger partial charge on any atom is -0.326 e. The van der Waals surface area contributed by atoms with Crippen LogP contribution < -0.4 is 5.32 Å². The SMILES string of the molecule is CC(C)CC1NC(=O)N(CN(C)Cc2cn(-c3ccccc3)nc2-c2ccccc2)C1=O. The summed E-state index contributed by atoms with van der Waals surface area (Å²) in [6.07, 6.45) is 2.66. The topological polar surface area (TPSA) is 70.5 Å². The second kappa shape index (κ2) is 9.36. The summed E-state index contributed by atoms with van der Waals surface area (Å²) in [5.41, 5.74) is 3.91. The van der Waals surface area contributed by atoms with Crippen molar-refractivity contribution in [2.45, 2.75) is 32.9 Å².